The van der Waals surface area contributed by atoms with Gasteiger partial charge in [-0.2, -0.15) is 0 Å². The van der Waals surface area contributed by atoms with Crippen LogP contribution in [0.2, 0.25) is 0 Å². The molecule has 1 N–H and O–H groups in total. The van der Waals surface area contributed by atoms with E-state index in [0.717, 1.165) is 0 Å². The maximum atomic E-state index is 12.2. The van der Waals surface area contributed by atoms with Gasteiger partial charge in [-0.1, -0.05) is 0 Å². The molecule has 1 aromatic rings. The molecule has 0 aliphatic carbocycles. The van der Waals surface area contributed by atoms with Crippen molar-refractivity contribution in [2.24, 2.45) is 0 Å². The van der Waals surface area contributed by atoms with Crippen molar-refractivity contribution in [2.75, 3.05) is 27.2 Å². The molecule has 2 heterocycles. The molecule has 1 amide bonds. The molecular formula is C16H21N3O4. The number of carbonyl (C=O) groups is 3. The van der Waals surface area contributed by atoms with Crippen LogP contribution in [0.15, 0.2) is 24.5 Å². The quantitative estimate of drug-likeness (QED) is 0.480. The van der Waals surface area contributed by atoms with E-state index in [-0.39, 0.29) is 30.1 Å². The smallest absolute Gasteiger partial charge is 0.307 e. The van der Waals surface area contributed by atoms with Gasteiger partial charge in [-0.15, -0.1) is 0 Å². The van der Waals surface area contributed by atoms with E-state index in [1.807, 2.05) is 14.1 Å². The van der Waals surface area contributed by atoms with Crippen molar-refractivity contribution in [2.45, 2.75) is 19.4 Å². The molecule has 23 heavy (non-hydrogen) atoms. The Morgan fingerprint density at radius 3 is 2.87 bits per heavy atom. The minimum Gasteiger partial charge on any atom is -0.466 e. The first-order valence-corrected chi connectivity index (χ1v) is 7.47. The van der Waals surface area contributed by atoms with Crippen molar-refractivity contribution in [1.82, 2.24) is 14.8 Å². The monoisotopic (exact) mass is 319 g/mol. The lowest BCUT2D eigenvalue weighted by Gasteiger charge is -2.25. The zero-order chi connectivity index (χ0) is 17.0. The molecule has 0 saturated carbocycles. The van der Waals surface area contributed by atoms with E-state index in [2.05, 4.69) is 5.32 Å². The summed E-state index contributed by atoms with van der Waals surface area (Å²) in [5, 5.41) is 2.73. The summed E-state index contributed by atoms with van der Waals surface area (Å²) < 4.78 is 6.64. The van der Waals surface area contributed by atoms with Crippen LogP contribution < -0.4 is 5.32 Å². The van der Waals surface area contributed by atoms with Crippen LogP contribution in [0.3, 0.4) is 0 Å². The molecule has 124 valence electrons. The van der Waals surface area contributed by atoms with Gasteiger partial charge in [0.15, 0.2) is 5.78 Å². The summed E-state index contributed by atoms with van der Waals surface area (Å²) in [5.41, 5.74) is 0.802. The van der Waals surface area contributed by atoms with Crippen LogP contribution in [-0.2, 0) is 9.53 Å². The lowest BCUT2D eigenvalue weighted by atomic mass is 10.1. The summed E-state index contributed by atoms with van der Waals surface area (Å²) in [7, 11) is 3.63. The van der Waals surface area contributed by atoms with E-state index in [1.54, 1.807) is 34.9 Å². The van der Waals surface area contributed by atoms with Crippen molar-refractivity contribution in [3.63, 3.8) is 0 Å². The minimum absolute atomic E-state index is 0.150. The second-order valence-electron chi connectivity index (χ2n) is 5.54. The van der Waals surface area contributed by atoms with Crippen molar-refractivity contribution < 1.29 is 19.1 Å². The van der Waals surface area contributed by atoms with Gasteiger partial charge >= 0.3 is 5.97 Å². The van der Waals surface area contributed by atoms with Crippen LogP contribution in [0.1, 0.15) is 40.2 Å². The standard InChI is InChI=1S/C16H21N3O4/c1-4-23-15(21)8-12-9-17-16(22)13-7-11(10-19(12)13)14(20)5-6-18(2)3/h5-7,10,12H,4,8-9H2,1-3H3,(H,17,22). The second-order valence-corrected chi connectivity index (χ2v) is 5.54. The number of nitrogens with one attached hydrogen (secondary N) is 1. The first-order valence-electron chi connectivity index (χ1n) is 7.47. The zero-order valence-electron chi connectivity index (χ0n) is 13.5. The molecule has 1 aliphatic rings. The maximum Gasteiger partial charge on any atom is 0.307 e. The molecule has 0 saturated heterocycles. The fourth-order valence-electron chi connectivity index (χ4n) is 2.39. The van der Waals surface area contributed by atoms with Gasteiger partial charge in [0, 0.05) is 44.7 Å². The fraction of sp³-hybridized carbons (Fsp3) is 0.438. The Labute approximate surface area is 134 Å². The van der Waals surface area contributed by atoms with Gasteiger partial charge in [0.05, 0.1) is 19.1 Å². The minimum atomic E-state index is -0.325. The van der Waals surface area contributed by atoms with Gasteiger partial charge in [-0.3, -0.25) is 14.4 Å². The van der Waals surface area contributed by atoms with Crippen LogP contribution >= 0.6 is 0 Å². The molecule has 1 aliphatic heterocycles. The summed E-state index contributed by atoms with van der Waals surface area (Å²) in [4.78, 5) is 37.6. The summed E-state index contributed by atoms with van der Waals surface area (Å²) in [6, 6.07) is 1.30. The molecule has 7 heteroatoms. The predicted octanol–water partition coefficient (Wildman–Crippen LogP) is 0.984. The molecule has 1 atom stereocenters. The number of ether oxygens (including phenoxy) is 1. The van der Waals surface area contributed by atoms with E-state index >= 15 is 0 Å². The maximum absolute atomic E-state index is 12.2. The molecule has 1 aromatic heterocycles. The highest BCUT2D eigenvalue weighted by molar-refractivity contribution is 6.06. The van der Waals surface area contributed by atoms with Gasteiger partial charge in [-0.25, -0.2) is 0 Å². The Hall–Kier alpha value is -2.57. The number of hydrogen-bond acceptors (Lipinski definition) is 5. The molecular weight excluding hydrogens is 298 g/mol. The Bertz CT molecular complexity index is 646. The number of amides is 1. The third kappa shape index (κ3) is 4.00. The highest BCUT2D eigenvalue weighted by atomic mass is 16.5. The summed E-state index contributed by atoms with van der Waals surface area (Å²) in [6.07, 6.45) is 4.87. The number of aromatic nitrogens is 1. The molecule has 0 bridgehead atoms. The third-order valence-corrected chi connectivity index (χ3v) is 3.49. The highest BCUT2D eigenvalue weighted by Crippen LogP contribution is 2.22. The number of esters is 1. The lowest BCUT2D eigenvalue weighted by molar-refractivity contribution is -0.144. The highest BCUT2D eigenvalue weighted by Gasteiger charge is 2.28. The number of fused-ring (bicyclic) bond motifs is 1. The fourth-order valence-corrected chi connectivity index (χ4v) is 2.39. The van der Waals surface area contributed by atoms with E-state index in [4.69, 9.17) is 4.74 Å². The number of carbonyl (C=O) groups excluding carboxylic acids is 3. The largest absolute Gasteiger partial charge is 0.466 e. The Morgan fingerprint density at radius 2 is 2.22 bits per heavy atom. The molecule has 0 fully saturated rings. The van der Waals surface area contributed by atoms with Crippen LogP contribution in [0.25, 0.3) is 0 Å². The second kappa shape index (κ2) is 7.13. The summed E-state index contributed by atoms with van der Waals surface area (Å²) in [6.45, 7) is 2.39. The van der Waals surface area contributed by atoms with Gasteiger partial charge in [0.1, 0.15) is 5.69 Å². The lowest BCUT2D eigenvalue weighted by Crippen LogP contribution is -2.39. The molecule has 0 aromatic carbocycles. The third-order valence-electron chi connectivity index (χ3n) is 3.49. The number of nitrogens with zero attached hydrogens (tertiary/aromatic N) is 2. The average molecular weight is 319 g/mol. The molecule has 1 unspecified atom stereocenters. The van der Waals surface area contributed by atoms with Crippen molar-refractivity contribution in [3.05, 3.63) is 35.8 Å². The van der Waals surface area contributed by atoms with Crippen molar-refractivity contribution in [1.29, 1.82) is 0 Å². The Balaban J connectivity index is 2.23. The van der Waals surface area contributed by atoms with Crippen LogP contribution in [0.5, 0.6) is 0 Å². The van der Waals surface area contributed by atoms with Crippen LogP contribution in [-0.4, -0.2) is 54.4 Å². The van der Waals surface area contributed by atoms with Gasteiger partial charge < -0.3 is 19.5 Å². The SMILES string of the molecule is CCOC(=O)CC1CNC(=O)c2cc(C(=O)C=CN(C)C)cn21. The normalized spacial score (nSPS) is 16.8. The van der Waals surface area contributed by atoms with Gasteiger partial charge in [-0.05, 0) is 13.0 Å². The van der Waals surface area contributed by atoms with E-state index in [9.17, 15) is 14.4 Å². The predicted molar refractivity (Wildman–Crippen MR) is 84.2 cm³/mol. The Kier molecular flexibility index (Phi) is 5.20. The molecule has 0 spiro atoms. The zero-order valence-corrected chi connectivity index (χ0v) is 13.5. The van der Waals surface area contributed by atoms with Crippen molar-refractivity contribution in [3.8, 4) is 0 Å². The van der Waals surface area contributed by atoms with E-state index in [0.29, 0.717) is 24.4 Å². The molecule has 2 rings (SSSR count). The molecule has 7 nitrogen and oxygen atoms in total. The van der Waals surface area contributed by atoms with Crippen LogP contribution in [0.4, 0.5) is 0 Å². The van der Waals surface area contributed by atoms with E-state index in [1.165, 1.54) is 6.08 Å². The molecule has 0 radical (unpaired) electrons. The van der Waals surface area contributed by atoms with Gasteiger partial charge in [0.2, 0.25) is 0 Å². The topological polar surface area (TPSA) is 80.6 Å². The van der Waals surface area contributed by atoms with Crippen molar-refractivity contribution >= 4 is 17.7 Å². The first-order chi connectivity index (χ1) is 10.9. The Morgan fingerprint density at radius 1 is 1.48 bits per heavy atom. The summed E-state index contributed by atoms with van der Waals surface area (Å²) >= 11 is 0. The number of rotatable bonds is 6. The number of hydrogen-bond donors (Lipinski definition) is 1. The number of allylic oxidation sites excluding steroid dienone is 1. The van der Waals surface area contributed by atoms with E-state index < -0.39 is 0 Å². The number of ketones is 1. The van der Waals surface area contributed by atoms with Gasteiger partial charge in [0.25, 0.3) is 5.91 Å². The first kappa shape index (κ1) is 16.8. The summed E-state index contributed by atoms with van der Waals surface area (Å²) in [5.74, 6) is -0.766. The average Bonchev–Trinajstić information content (AvgIpc) is 2.94. The van der Waals surface area contributed by atoms with Crippen LogP contribution in [0, 0.1) is 0 Å².